The van der Waals surface area contributed by atoms with Gasteiger partial charge in [-0.05, 0) is 76.7 Å². The number of fused-ring (bicyclic) bond motifs is 3. The Morgan fingerprint density at radius 3 is 2.71 bits per heavy atom. The van der Waals surface area contributed by atoms with Gasteiger partial charge in [-0.25, -0.2) is 14.1 Å². The Bertz CT molecular complexity index is 2080. The molecule has 4 aromatic rings. The summed E-state index contributed by atoms with van der Waals surface area (Å²) < 4.78 is 30.9. The smallest absolute Gasteiger partial charge is 0.298 e. The maximum absolute atomic E-state index is 17.2. The maximum Gasteiger partial charge on any atom is 0.298 e. The normalized spacial score (nSPS) is 20.0. The van der Waals surface area contributed by atoms with Crippen molar-refractivity contribution in [2.75, 3.05) is 33.9 Å². The molecule has 13 heteroatoms. The fourth-order valence-electron chi connectivity index (χ4n) is 7.11. The van der Waals surface area contributed by atoms with Gasteiger partial charge in [-0.15, -0.1) is 5.10 Å². The molecular formula is C36H36ClFN8O3. The molecule has 2 aliphatic heterocycles. The van der Waals surface area contributed by atoms with Gasteiger partial charge in [0.2, 0.25) is 5.88 Å². The number of aromatic nitrogens is 4. The zero-order valence-electron chi connectivity index (χ0n) is 27.8. The molecule has 0 bridgehead atoms. The number of halogens is 2. The summed E-state index contributed by atoms with van der Waals surface area (Å²) >= 11 is 6.48. The molecule has 0 radical (unpaired) electrons. The van der Waals surface area contributed by atoms with Crippen LogP contribution in [0.1, 0.15) is 63.5 Å². The number of amides is 1. The number of nitrogens with zero attached hydrogens (tertiary/aromatic N) is 8. The second kappa shape index (κ2) is 14.3. The second-order valence-electron chi connectivity index (χ2n) is 12.5. The lowest BCUT2D eigenvalue weighted by atomic mass is 9.89. The second-order valence-corrected chi connectivity index (χ2v) is 12.9. The number of nitriles is 2. The number of para-hydroxylation sites is 1. The van der Waals surface area contributed by atoms with Gasteiger partial charge in [0.15, 0.2) is 11.3 Å². The molecule has 2 saturated heterocycles. The number of methoxy groups -OCH3 is 1. The Hall–Kier alpha value is -4.96. The highest BCUT2D eigenvalue weighted by Crippen LogP contribution is 2.45. The van der Waals surface area contributed by atoms with Crippen molar-refractivity contribution in [2.45, 2.75) is 70.0 Å². The van der Waals surface area contributed by atoms with Crippen LogP contribution >= 0.6 is 11.6 Å². The minimum atomic E-state index is -0.722. The van der Waals surface area contributed by atoms with Gasteiger partial charge in [0.1, 0.15) is 23.4 Å². The molecule has 1 unspecified atom stereocenters. The summed E-state index contributed by atoms with van der Waals surface area (Å²) in [4.78, 5) is 21.4. The highest BCUT2D eigenvalue weighted by atomic mass is 35.5. The van der Waals surface area contributed by atoms with E-state index in [1.165, 1.54) is 7.11 Å². The molecule has 0 N–H and O–H groups in total. The van der Waals surface area contributed by atoms with Gasteiger partial charge in [-0.2, -0.15) is 10.5 Å². The van der Waals surface area contributed by atoms with E-state index in [1.807, 2.05) is 7.05 Å². The Kier molecular flexibility index (Phi) is 9.87. The monoisotopic (exact) mass is 682 g/mol. The molecule has 2 fully saturated rings. The van der Waals surface area contributed by atoms with Crippen molar-refractivity contribution < 1.29 is 18.7 Å². The van der Waals surface area contributed by atoms with E-state index in [4.69, 9.17) is 26.1 Å². The number of carbonyl (C=O) groups excluding carboxylic acids is 1. The zero-order chi connectivity index (χ0) is 34.8. The number of likely N-dealkylation sites (tertiary alicyclic amines) is 2. The summed E-state index contributed by atoms with van der Waals surface area (Å²) in [5.74, 6) is 3.97. The van der Waals surface area contributed by atoms with Crippen LogP contribution in [0.2, 0.25) is 5.02 Å². The molecular weight excluding hydrogens is 647 g/mol. The highest BCUT2D eigenvalue weighted by molar-refractivity contribution is 6.32. The fraction of sp³-hybridized carbons (Fsp3) is 0.444. The van der Waals surface area contributed by atoms with E-state index in [1.54, 1.807) is 47.7 Å². The molecule has 0 saturated carbocycles. The number of likely N-dealkylation sites (N-methyl/N-ethyl adjacent to an activating group) is 1. The molecule has 252 valence electrons. The first-order chi connectivity index (χ1) is 23.7. The Morgan fingerprint density at radius 2 is 2.02 bits per heavy atom. The minimum absolute atomic E-state index is 0.0242. The topological polar surface area (TPSA) is 133 Å². The third-order valence-electron chi connectivity index (χ3n) is 9.67. The third kappa shape index (κ3) is 6.21. The molecule has 11 nitrogen and oxygen atoms in total. The number of carbonyl (C=O) groups is 1. The van der Waals surface area contributed by atoms with Gasteiger partial charge in [0.05, 0.1) is 42.7 Å². The van der Waals surface area contributed by atoms with E-state index < -0.39 is 17.8 Å². The van der Waals surface area contributed by atoms with E-state index in [-0.39, 0.29) is 47.1 Å². The van der Waals surface area contributed by atoms with Gasteiger partial charge in [0.25, 0.3) is 5.91 Å². The van der Waals surface area contributed by atoms with Gasteiger partial charge >= 0.3 is 0 Å². The average molecular weight is 683 g/mol. The molecule has 49 heavy (non-hydrogen) atoms. The average Bonchev–Trinajstić information content (AvgIpc) is 3.73. The van der Waals surface area contributed by atoms with E-state index in [0.29, 0.717) is 58.6 Å². The number of hydrogen-bond acceptors (Lipinski definition) is 9. The molecule has 6 rings (SSSR count). The van der Waals surface area contributed by atoms with Crippen molar-refractivity contribution in [1.29, 1.82) is 10.5 Å². The number of pyridine rings is 1. The molecule has 4 heterocycles. The molecule has 4 atom stereocenters. The highest BCUT2D eigenvalue weighted by Gasteiger charge is 2.35. The number of hydrogen-bond donors (Lipinski definition) is 0. The molecule has 2 aromatic heterocycles. The van der Waals surface area contributed by atoms with E-state index >= 15 is 4.39 Å². The SMILES string of the molecule is CC#CC(=O)N1CC[C@H](n2nnc3c(OC[C@@H]4CCCN4C)nc4c(F)c(-c5cccc(Cl)c5OC)c(C(C)C#N)cc4c32)C[C@H]1CC#N. The van der Waals surface area contributed by atoms with Crippen LogP contribution in [0.4, 0.5) is 4.39 Å². The molecule has 1 amide bonds. The molecule has 0 aliphatic carbocycles. The number of benzene rings is 2. The minimum Gasteiger partial charge on any atom is -0.495 e. The van der Waals surface area contributed by atoms with Gasteiger partial charge in [-0.3, -0.25) is 4.79 Å². The number of rotatable bonds is 8. The van der Waals surface area contributed by atoms with Crippen LogP contribution in [0.15, 0.2) is 24.3 Å². The quantitative estimate of drug-likeness (QED) is 0.205. The van der Waals surface area contributed by atoms with Gasteiger partial charge < -0.3 is 19.3 Å². The van der Waals surface area contributed by atoms with Crippen molar-refractivity contribution in [3.8, 4) is 46.7 Å². The summed E-state index contributed by atoms with van der Waals surface area (Å²) in [7, 11) is 3.51. The van der Waals surface area contributed by atoms with Crippen LogP contribution in [-0.4, -0.2) is 81.6 Å². The van der Waals surface area contributed by atoms with Crippen LogP contribution < -0.4 is 9.47 Å². The standard InChI is InChI=1S/C36H36ClFN8O3/c1-5-8-29(47)45-16-13-23(17-22(45)12-14-39)46-34-27-18-26(21(2)19-40)30(25-10-6-11-28(37)35(25)48-4)31(38)32(27)41-36(33(34)42-43-46)49-20-24-9-7-15-44(24)3/h6,10-11,18,21-24H,7,9,12-13,15-17,20H2,1-4H3/t21?,22-,23+,24+/m1/s1. The summed E-state index contributed by atoms with van der Waals surface area (Å²) in [6, 6.07) is 10.8. The predicted octanol–water partition coefficient (Wildman–Crippen LogP) is 6.02. The fourth-order valence-corrected chi connectivity index (χ4v) is 7.36. The largest absolute Gasteiger partial charge is 0.495 e. The number of ether oxygens (including phenoxy) is 2. The lowest BCUT2D eigenvalue weighted by Gasteiger charge is -2.37. The summed E-state index contributed by atoms with van der Waals surface area (Å²) in [5.41, 5.74) is 1.86. The predicted molar refractivity (Wildman–Crippen MR) is 182 cm³/mol. The summed E-state index contributed by atoms with van der Waals surface area (Å²) in [6.45, 7) is 4.95. The first-order valence-electron chi connectivity index (χ1n) is 16.3. The number of piperidine rings is 1. The summed E-state index contributed by atoms with van der Waals surface area (Å²) in [6.07, 6.45) is 3.05. The molecule has 2 aliphatic rings. The molecule has 2 aromatic carbocycles. The Morgan fingerprint density at radius 1 is 1.20 bits per heavy atom. The van der Waals surface area contributed by atoms with Crippen LogP contribution in [0.3, 0.4) is 0 Å². The van der Waals surface area contributed by atoms with Crippen LogP contribution in [-0.2, 0) is 4.79 Å². The van der Waals surface area contributed by atoms with E-state index in [9.17, 15) is 15.3 Å². The lowest BCUT2D eigenvalue weighted by molar-refractivity contribution is -0.129. The van der Waals surface area contributed by atoms with Crippen molar-refractivity contribution in [1.82, 2.24) is 29.8 Å². The van der Waals surface area contributed by atoms with Crippen LogP contribution in [0.5, 0.6) is 11.6 Å². The molecule has 0 spiro atoms. The van der Waals surface area contributed by atoms with Crippen molar-refractivity contribution in [2.24, 2.45) is 0 Å². The Labute approximate surface area is 289 Å². The van der Waals surface area contributed by atoms with Gasteiger partial charge in [0, 0.05) is 35.1 Å². The van der Waals surface area contributed by atoms with E-state index in [2.05, 4.69) is 39.2 Å². The summed E-state index contributed by atoms with van der Waals surface area (Å²) in [5, 5.41) is 29.5. The van der Waals surface area contributed by atoms with Crippen LogP contribution in [0, 0.1) is 40.3 Å². The first kappa shape index (κ1) is 33.9. The van der Waals surface area contributed by atoms with Crippen LogP contribution in [0.25, 0.3) is 33.1 Å². The zero-order valence-corrected chi connectivity index (χ0v) is 28.6. The van der Waals surface area contributed by atoms with Crippen molar-refractivity contribution >= 4 is 39.4 Å². The van der Waals surface area contributed by atoms with Crippen molar-refractivity contribution in [3.05, 3.63) is 40.7 Å². The first-order valence-corrected chi connectivity index (χ1v) is 16.7. The van der Waals surface area contributed by atoms with Crippen molar-refractivity contribution in [3.63, 3.8) is 0 Å². The third-order valence-corrected chi connectivity index (χ3v) is 9.97. The van der Waals surface area contributed by atoms with E-state index in [0.717, 1.165) is 19.4 Å². The van der Waals surface area contributed by atoms with Gasteiger partial charge in [-0.1, -0.05) is 34.9 Å². The maximum atomic E-state index is 17.2. The Balaban J connectivity index is 1.58. The lowest BCUT2D eigenvalue weighted by Crippen LogP contribution is -2.46.